The quantitative estimate of drug-likeness (QED) is 0.605. The van der Waals surface area contributed by atoms with Gasteiger partial charge in [0.15, 0.2) is 0 Å². The predicted octanol–water partition coefficient (Wildman–Crippen LogP) is 3.29. The van der Waals surface area contributed by atoms with Gasteiger partial charge in [-0.25, -0.2) is 4.98 Å². The first-order valence-electron chi connectivity index (χ1n) is 8.33. The molecule has 3 heterocycles. The van der Waals surface area contributed by atoms with E-state index in [1.54, 1.807) is 54.6 Å². The third-order valence-corrected chi connectivity index (χ3v) is 4.23. The largest absolute Gasteiger partial charge is 0.497 e. The summed E-state index contributed by atoms with van der Waals surface area (Å²) in [5.41, 5.74) is 3.13. The van der Waals surface area contributed by atoms with E-state index >= 15 is 0 Å². The number of aromatic nitrogens is 4. The topological polar surface area (TPSA) is 81.9 Å². The monoisotopic (exact) mass is 359 g/mol. The first-order chi connectivity index (χ1) is 13.1. The van der Waals surface area contributed by atoms with Crippen molar-refractivity contribution in [2.45, 2.75) is 0 Å². The lowest BCUT2D eigenvalue weighted by Crippen LogP contribution is -2.13. The van der Waals surface area contributed by atoms with Crippen LogP contribution < -0.4 is 10.1 Å². The van der Waals surface area contributed by atoms with Crippen molar-refractivity contribution in [1.82, 2.24) is 19.7 Å². The Balaban J connectivity index is 1.69. The van der Waals surface area contributed by atoms with Gasteiger partial charge in [-0.05, 0) is 36.4 Å². The van der Waals surface area contributed by atoms with Crippen molar-refractivity contribution >= 4 is 22.6 Å². The van der Waals surface area contributed by atoms with Gasteiger partial charge >= 0.3 is 0 Å². The Hall–Kier alpha value is -3.74. The van der Waals surface area contributed by atoms with Gasteiger partial charge in [-0.15, -0.1) is 0 Å². The SMILES string of the molecule is COc1ccc(C(=O)Nc2nccc3ncc(-c4cnn(C)c4)cc23)cc1. The van der Waals surface area contributed by atoms with Crippen LogP contribution in [0.1, 0.15) is 10.4 Å². The highest BCUT2D eigenvalue weighted by atomic mass is 16.5. The molecule has 4 rings (SSSR count). The molecule has 134 valence electrons. The number of nitrogens with zero attached hydrogens (tertiary/aromatic N) is 4. The van der Waals surface area contributed by atoms with Crippen molar-refractivity contribution in [2.75, 3.05) is 12.4 Å². The summed E-state index contributed by atoms with van der Waals surface area (Å²) < 4.78 is 6.85. The molecule has 0 fully saturated rings. The average molecular weight is 359 g/mol. The van der Waals surface area contributed by atoms with E-state index in [1.807, 2.05) is 25.4 Å². The lowest BCUT2D eigenvalue weighted by Gasteiger charge is -2.09. The van der Waals surface area contributed by atoms with Gasteiger partial charge in [0.1, 0.15) is 11.6 Å². The first kappa shape index (κ1) is 16.7. The molecule has 0 aliphatic heterocycles. The van der Waals surface area contributed by atoms with Crippen LogP contribution in [0.2, 0.25) is 0 Å². The lowest BCUT2D eigenvalue weighted by atomic mass is 10.1. The molecule has 0 aliphatic carbocycles. The molecule has 0 unspecified atom stereocenters. The molecule has 3 aromatic heterocycles. The Bertz CT molecular complexity index is 1120. The molecule has 0 aliphatic rings. The minimum absolute atomic E-state index is 0.246. The maximum absolute atomic E-state index is 12.6. The summed E-state index contributed by atoms with van der Waals surface area (Å²) >= 11 is 0. The number of ether oxygens (including phenoxy) is 1. The fraction of sp³-hybridized carbons (Fsp3) is 0.100. The molecule has 0 radical (unpaired) electrons. The second-order valence-electron chi connectivity index (χ2n) is 6.04. The fourth-order valence-corrected chi connectivity index (χ4v) is 2.80. The van der Waals surface area contributed by atoms with Crippen molar-refractivity contribution in [3.63, 3.8) is 0 Å². The van der Waals surface area contributed by atoms with Crippen LogP contribution in [0.3, 0.4) is 0 Å². The zero-order valence-corrected chi connectivity index (χ0v) is 14.9. The predicted molar refractivity (Wildman–Crippen MR) is 103 cm³/mol. The molecule has 0 atom stereocenters. The number of nitrogens with one attached hydrogen (secondary N) is 1. The van der Waals surface area contributed by atoms with E-state index in [4.69, 9.17) is 4.74 Å². The van der Waals surface area contributed by atoms with Gasteiger partial charge in [0.2, 0.25) is 0 Å². The molecule has 0 bridgehead atoms. The number of benzene rings is 1. The molecule has 27 heavy (non-hydrogen) atoms. The lowest BCUT2D eigenvalue weighted by molar-refractivity contribution is 0.102. The van der Waals surface area contributed by atoms with Gasteiger partial charge in [0.25, 0.3) is 5.91 Å². The van der Waals surface area contributed by atoms with Crippen molar-refractivity contribution in [1.29, 1.82) is 0 Å². The maximum atomic E-state index is 12.6. The van der Waals surface area contributed by atoms with Gasteiger partial charge in [0.05, 0.1) is 18.8 Å². The summed E-state index contributed by atoms with van der Waals surface area (Å²) in [5, 5.41) is 7.83. The van der Waals surface area contributed by atoms with Crippen LogP contribution in [-0.4, -0.2) is 32.8 Å². The molecule has 1 aromatic carbocycles. The van der Waals surface area contributed by atoms with Crippen LogP contribution in [-0.2, 0) is 7.05 Å². The van der Waals surface area contributed by atoms with Crippen LogP contribution in [0.5, 0.6) is 5.75 Å². The molecule has 7 heteroatoms. The van der Waals surface area contributed by atoms with E-state index in [0.717, 1.165) is 22.0 Å². The number of rotatable bonds is 4. The van der Waals surface area contributed by atoms with E-state index in [-0.39, 0.29) is 5.91 Å². The summed E-state index contributed by atoms with van der Waals surface area (Å²) in [6, 6.07) is 10.7. The van der Waals surface area contributed by atoms with E-state index in [2.05, 4.69) is 20.4 Å². The van der Waals surface area contributed by atoms with Gasteiger partial charge < -0.3 is 10.1 Å². The summed E-state index contributed by atoms with van der Waals surface area (Å²) in [6.45, 7) is 0. The van der Waals surface area contributed by atoms with E-state index in [0.29, 0.717) is 17.1 Å². The average Bonchev–Trinajstić information content (AvgIpc) is 3.14. The number of carbonyl (C=O) groups is 1. The summed E-state index contributed by atoms with van der Waals surface area (Å²) in [7, 11) is 3.45. The third-order valence-electron chi connectivity index (χ3n) is 4.23. The molecule has 0 spiro atoms. The van der Waals surface area contributed by atoms with Crippen molar-refractivity contribution < 1.29 is 9.53 Å². The second kappa shape index (κ2) is 6.87. The van der Waals surface area contributed by atoms with Crippen LogP contribution in [0.25, 0.3) is 22.0 Å². The maximum Gasteiger partial charge on any atom is 0.256 e. The molecular formula is C20H17N5O2. The zero-order chi connectivity index (χ0) is 18.8. The van der Waals surface area contributed by atoms with Gasteiger partial charge in [-0.2, -0.15) is 5.10 Å². The number of hydrogen-bond acceptors (Lipinski definition) is 5. The molecule has 0 saturated carbocycles. The summed E-state index contributed by atoms with van der Waals surface area (Å²) in [5.74, 6) is 0.913. The molecule has 7 nitrogen and oxygen atoms in total. The molecular weight excluding hydrogens is 342 g/mol. The first-order valence-corrected chi connectivity index (χ1v) is 8.33. The number of carbonyl (C=O) groups excluding carboxylic acids is 1. The van der Waals surface area contributed by atoms with E-state index in [1.165, 1.54) is 0 Å². The Morgan fingerprint density at radius 2 is 1.89 bits per heavy atom. The minimum Gasteiger partial charge on any atom is -0.497 e. The molecule has 0 saturated heterocycles. The van der Waals surface area contributed by atoms with Gasteiger partial charge in [-0.1, -0.05) is 0 Å². The number of pyridine rings is 2. The Labute approximate surface area is 155 Å². The molecule has 4 aromatic rings. The van der Waals surface area contributed by atoms with Crippen LogP contribution in [0.4, 0.5) is 5.82 Å². The number of fused-ring (bicyclic) bond motifs is 1. The third kappa shape index (κ3) is 3.35. The van der Waals surface area contributed by atoms with Gasteiger partial charge in [0, 0.05) is 47.7 Å². The van der Waals surface area contributed by atoms with E-state index in [9.17, 15) is 4.79 Å². The highest BCUT2D eigenvalue weighted by molar-refractivity contribution is 6.08. The minimum atomic E-state index is -0.246. The summed E-state index contributed by atoms with van der Waals surface area (Å²) in [4.78, 5) is 21.4. The number of amides is 1. The van der Waals surface area contributed by atoms with Crippen molar-refractivity contribution in [2.24, 2.45) is 7.05 Å². The number of hydrogen-bond donors (Lipinski definition) is 1. The number of methoxy groups -OCH3 is 1. The Morgan fingerprint density at radius 1 is 1.07 bits per heavy atom. The van der Waals surface area contributed by atoms with E-state index < -0.39 is 0 Å². The molecule has 1 amide bonds. The zero-order valence-electron chi connectivity index (χ0n) is 14.9. The summed E-state index contributed by atoms with van der Waals surface area (Å²) in [6.07, 6.45) is 7.10. The van der Waals surface area contributed by atoms with Gasteiger partial charge in [-0.3, -0.25) is 14.5 Å². The van der Waals surface area contributed by atoms with Crippen LogP contribution in [0, 0.1) is 0 Å². The fourth-order valence-electron chi connectivity index (χ4n) is 2.80. The van der Waals surface area contributed by atoms with Crippen LogP contribution in [0.15, 0.2) is 61.2 Å². The normalized spacial score (nSPS) is 10.7. The van der Waals surface area contributed by atoms with Crippen molar-refractivity contribution in [3.8, 4) is 16.9 Å². The van der Waals surface area contributed by atoms with Crippen molar-refractivity contribution in [3.05, 3.63) is 66.7 Å². The molecule has 1 N–H and O–H groups in total. The smallest absolute Gasteiger partial charge is 0.256 e. The number of anilines is 1. The number of aryl methyl sites for hydroxylation is 1. The highest BCUT2D eigenvalue weighted by Crippen LogP contribution is 2.26. The standard InChI is InChI=1S/C20H17N5O2/c1-25-12-15(11-23-25)14-9-17-18(22-10-14)7-8-21-19(17)24-20(26)13-3-5-16(27-2)6-4-13/h3-12H,1-2H3,(H,21,24,26). The van der Waals surface area contributed by atoms with Crippen LogP contribution >= 0.6 is 0 Å². The second-order valence-corrected chi connectivity index (χ2v) is 6.04. The highest BCUT2D eigenvalue weighted by Gasteiger charge is 2.12. The Kier molecular flexibility index (Phi) is 4.25. The Morgan fingerprint density at radius 3 is 2.59 bits per heavy atom.